The highest BCUT2D eigenvalue weighted by atomic mass is 79.9. The molecule has 0 fully saturated rings. The standard InChI is InChI=1S/C15H16BrN5O2/c1-18-7-9-2-4-10(5-3-9)14(22)20-21-15(23)12-6-11(16)8-19-13(12)17/h2-6,8,18H,7H2,1H3,(H2,17,19)(H,20,22)(H,21,23). The summed E-state index contributed by atoms with van der Waals surface area (Å²) in [5.74, 6) is -0.885. The summed E-state index contributed by atoms with van der Waals surface area (Å²) >= 11 is 3.21. The molecule has 0 saturated heterocycles. The smallest absolute Gasteiger partial charge is 0.273 e. The average Bonchev–Trinajstić information content (AvgIpc) is 2.55. The van der Waals surface area contributed by atoms with E-state index in [9.17, 15) is 9.59 Å². The number of nitrogen functional groups attached to an aromatic ring is 1. The maximum atomic E-state index is 12.0. The first-order chi connectivity index (χ1) is 11.0. The fourth-order valence-electron chi connectivity index (χ4n) is 1.86. The van der Waals surface area contributed by atoms with Crippen molar-refractivity contribution in [1.29, 1.82) is 0 Å². The SMILES string of the molecule is CNCc1ccc(C(=O)NNC(=O)c2cc(Br)cnc2N)cc1. The van der Waals surface area contributed by atoms with Crippen LogP contribution in [-0.2, 0) is 6.54 Å². The van der Waals surface area contributed by atoms with Crippen molar-refractivity contribution >= 4 is 33.6 Å². The molecule has 0 radical (unpaired) electrons. The molecule has 2 aromatic rings. The van der Waals surface area contributed by atoms with Crippen molar-refractivity contribution < 1.29 is 9.59 Å². The van der Waals surface area contributed by atoms with E-state index in [-0.39, 0.29) is 11.4 Å². The van der Waals surface area contributed by atoms with Crippen molar-refractivity contribution in [2.75, 3.05) is 12.8 Å². The molecule has 1 aromatic heterocycles. The Morgan fingerprint density at radius 2 is 1.83 bits per heavy atom. The molecule has 2 rings (SSSR count). The topological polar surface area (TPSA) is 109 Å². The van der Waals surface area contributed by atoms with Gasteiger partial charge in [-0.1, -0.05) is 12.1 Å². The predicted molar refractivity (Wildman–Crippen MR) is 90.5 cm³/mol. The number of carbonyl (C=O) groups is 2. The minimum absolute atomic E-state index is 0.0800. The minimum Gasteiger partial charge on any atom is -0.383 e. The molecule has 23 heavy (non-hydrogen) atoms. The summed E-state index contributed by atoms with van der Waals surface area (Å²) in [4.78, 5) is 27.9. The van der Waals surface area contributed by atoms with E-state index in [1.807, 2.05) is 19.2 Å². The van der Waals surface area contributed by atoms with E-state index in [1.54, 1.807) is 12.1 Å². The van der Waals surface area contributed by atoms with Gasteiger partial charge in [-0.3, -0.25) is 20.4 Å². The van der Waals surface area contributed by atoms with Crippen LogP contribution in [0.2, 0.25) is 0 Å². The number of benzene rings is 1. The van der Waals surface area contributed by atoms with Crippen molar-refractivity contribution in [3.8, 4) is 0 Å². The number of hydrogen-bond donors (Lipinski definition) is 4. The molecule has 2 amide bonds. The Labute approximate surface area is 141 Å². The van der Waals surface area contributed by atoms with Crippen molar-refractivity contribution in [3.05, 3.63) is 57.7 Å². The number of nitrogens with one attached hydrogen (secondary N) is 3. The van der Waals surface area contributed by atoms with Crippen LogP contribution in [0, 0.1) is 0 Å². The van der Waals surface area contributed by atoms with Crippen LogP contribution >= 0.6 is 15.9 Å². The van der Waals surface area contributed by atoms with E-state index in [1.165, 1.54) is 12.3 Å². The zero-order valence-corrected chi connectivity index (χ0v) is 14.0. The maximum absolute atomic E-state index is 12.0. The number of nitrogens with two attached hydrogens (primary N) is 1. The normalized spacial score (nSPS) is 10.2. The fraction of sp³-hybridized carbons (Fsp3) is 0.133. The number of anilines is 1. The molecule has 7 nitrogen and oxygen atoms in total. The van der Waals surface area contributed by atoms with Gasteiger partial charge in [0.25, 0.3) is 11.8 Å². The molecule has 0 atom stereocenters. The summed E-state index contributed by atoms with van der Waals surface area (Å²) in [5, 5.41) is 3.02. The van der Waals surface area contributed by atoms with Crippen LogP contribution in [0.25, 0.3) is 0 Å². The highest BCUT2D eigenvalue weighted by Gasteiger charge is 2.13. The third-order valence-corrected chi connectivity index (χ3v) is 3.45. The van der Waals surface area contributed by atoms with Crippen molar-refractivity contribution in [3.63, 3.8) is 0 Å². The van der Waals surface area contributed by atoms with Crippen LogP contribution < -0.4 is 21.9 Å². The number of pyridine rings is 1. The number of amides is 2. The summed E-state index contributed by atoms with van der Waals surface area (Å²) in [6.45, 7) is 0.716. The Kier molecular flexibility index (Phi) is 5.67. The first-order valence-electron chi connectivity index (χ1n) is 6.76. The highest BCUT2D eigenvalue weighted by Crippen LogP contribution is 2.15. The van der Waals surface area contributed by atoms with Gasteiger partial charge in [-0.15, -0.1) is 0 Å². The first kappa shape index (κ1) is 16.9. The summed E-state index contributed by atoms with van der Waals surface area (Å²) < 4.78 is 0.614. The Hall–Kier alpha value is -2.45. The fourth-order valence-corrected chi connectivity index (χ4v) is 2.19. The van der Waals surface area contributed by atoms with E-state index in [0.717, 1.165) is 5.56 Å². The zero-order chi connectivity index (χ0) is 16.8. The highest BCUT2D eigenvalue weighted by molar-refractivity contribution is 9.10. The molecule has 0 spiro atoms. The second-order valence-corrected chi connectivity index (χ2v) is 5.64. The molecule has 1 aromatic carbocycles. The molecule has 8 heteroatoms. The first-order valence-corrected chi connectivity index (χ1v) is 7.56. The predicted octanol–water partition coefficient (Wildman–Crippen LogP) is 1.22. The minimum atomic E-state index is -0.545. The zero-order valence-electron chi connectivity index (χ0n) is 12.4. The molecule has 0 unspecified atom stereocenters. The molecular weight excluding hydrogens is 362 g/mol. The van der Waals surface area contributed by atoms with E-state index in [2.05, 4.69) is 37.1 Å². The summed E-state index contributed by atoms with van der Waals surface area (Å²) in [6, 6.07) is 8.57. The average molecular weight is 378 g/mol. The molecular formula is C15H16BrN5O2. The van der Waals surface area contributed by atoms with Crippen molar-refractivity contribution in [1.82, 2.24) is 21.2 Å². The lowest BCUT2D eigenvalue weighted by Crippen LogP contribution is -2.41. The van der Waals surface area contributed by atoms with Gasteiger partial charge in [0, 0.05) is 22.8 Å². The van der Waals surface area contributed by atoms with Crippen molar-refractivity contribution in [2.24, 2.45) is 0 Å². The van der Waals surface area contributed by atoms with Crippen LogP contribution in [0.3, 0.4) is 0 Å². The lowest BCUT2D eigenvalue weighted by molar-refractivity contribution is 0.0847. The Balaban J connectivity index is 1.98. The number of aromatic nitrogens is 1. The molecule has 120 valence electrons. The van der Waals surface area contributed by atoms with Gasteiger partial charge in [0.1, 0.15) is 5.82 Å². The van der Waals surface area contributed by atoms with Crippen LogP contribution in [0.4, 0.5) is 5.82 Å². The van der Waals surface area contributed by atoms with Gasteiger partial charge in [0.15, 0.2) is 0 Å². The summed E-state index contributed by atoms with van der Waals surface area (Å²) in [5.41, 5.74) is 12.0. The molecule has 0 aliphatic carbocycles. The number of halogens is 1. The van der Waals surface area contributed by atoms with E-state index < -0.39 is 11.8 Å². The summed E-state index contributed by atoms with van der Waals surface area (Å²) in [6.07, 6.45) is 1.48. The number of hydrazine groups is 1. The molecule has 0 bridgehead atoms. The van der Waals surface area contributed by atoms with Crippen LogP contribution in [-0.4, -0.2) is 23.8 Å². The number of hydrogen-bond acceptors (Lipinski definition) is 5. The van der Waals surface area contributed by atoms with Gasteiger partial charge >= 0.3 is 0 Å². The van der Waals surface area contributed by atoms with Gasteiger partial charge in [-0.2, -0.15) is 0 Å². The largest absolute Gasteiger partial charge is 0.383 e. The summed E-state index contributed by atoms with van der Waals surface area (Å²) in [7, 11) is 1.85. The Morgan fingerprint density at radius 1 is 1.17 bits per heavy atom. The van der Waals surface area contributed by atoms with E-state index in [4.69, 9.17) is 5.73 Å². The molecule has 5 N–H and O–H groups in total. The lowest BCUT2D eigenvalue weighted by atomic mass is 10.1. The van der Waals surface area contributed by atoms with E-state index in [0.29, 0.717) is 16.6 Å². The number of nitrogens with zero attached hydrogens (tertiary/aromatic N) is 1. The Morgan fingerprint density at radius 3 is 2.48 bits per heavy atom. The second kappa shape index (κ2) is 7.70. The number of carbonyl (C=O) groups excluding carboxylic acids is 2. The molecule has 0 saturated carbocycles. The third-order valence-electron chi connectivity index (χ3n) is 3.02. The third kappa shape index (κ3) is 4.51. The van der Waals surface area contributed by atoms with Gasteiger partial charge < -0.3 is 11.1 Å². The molecule has 0 aliphatic rings. The van der Waals surface area contributed by atoms with Gasteiger partial charge in [0.05, 0.1) is 5.56 Å². The lowest BCUT2D eigenvalue weighted by Gasteiger charge is -2.09. The van der Waals surface area contributed by atoms with Crippen molar-refractivity contribution in [2.45, 2.75) is 6.54 Å². The van der Waals surface area contributed by atoms with Crippen LogP contribution in [0.1, 0.15) is 26.3 Å². The van der Waals surface area contributed by atoms with Gasteiger partial charge in [0.2, 0.25) is 0 Å². The van der Waals surface area contributed by atoms with Gasteiger partial charge in [-0.25, -0.2) is 4.98 Å². The molecule has 0 aliphatic heterocycles. The van der Waals surface area contributed by atoms with Gasteiger partial charge in [-0.05, 0) is 46.7 Å². The quantitative estimate of drug-likeness (QED) is 0.599. The maximum Gasteiger partial charge on any atom is 0.273 e. The monoisotopic (exact) mass is 377 g/mol. The molecule has 1 heterocycles. The van der Waals surface area contributed by atoms with Crippen LogP contribution in [0.15, 0.2) is 41.0 Å². The number of rotatable bonds is 4. The Bertz CT molecular complexity index is 718. The van der Waals surface area contributed by atoms with Crippen LogP contribution in [0.5, 0.6) is 0 Å². The van der Waals surface area contributed by atoms with E-state index >= 15 is 0 Å². The second-order valence-electron chi connectivity index (χ2n) is 4.72.